The number of nitrogens with two attached hydrogens (primary N) is 1. The first-order chi connectivity index (χ1) is 7.34. The number of rotatable bonds is 9. The van der Waals surface area contributed by atoms with Crippen molar-refractivity contribution in [3.8, 4) is 0 Å². The van der Waals surface area contributed by atoms with Gasteiger partial charge in [0.05, 0.1) is 0 Å². The van der Waals surface area contributed by atoms with Crippen LogP contribution in [0.5, 0.6) is 0 Å². The van der Waals surface area contributed by atoms with Gasteiger partial charge in [0, 0.05) is 6.04 Å². The molecule has 0 heterocycles. The molecule has 1 nitrogen and oxygen atoms in total. The predicted octanol–water partition coefficient (Wildman–Crippen LogP) is 4.25. The summed E-state index contributed by atoms with van der Waals surface area (Å²) in [6, 6.07) is 0.551. The van der Waals surface area contributed by atoms with Gasteiger partial charge in [-0.05, 0) is 25.2 Å². The smallest absolute Gasteiger partial charge is 0.00672 e. The highest BCUT2D eigenvalue weighted by Gasteiger charge is 2.25. The van der Waals surface area contributed by atoms with Gasteiger partial charge in [-0.15, -0.1) is 0 Å². The lowest BCUT2D eigenvalue weighted by molar-refractivity contribution is 0.234. The van der Waals surface area contributed by atoms with E-state index in [1.807, 2.05) is 0 Å². The Bertz CT molecular complexity index is 144. The third-order valence-corrected chi connectivity index (χ3v) is 3.90. The van der Waals surface area contributed by atoms with Gasteiger partial charge in [-0.3, -0.25) is 0 Å². The molecule has 15 heavy (non-hydrogen) atoms. The van der Waals surface area contributed by atoms with Crippen LogP contribution in [0.4, 0.5) is 0 Å². The Labute approximate surface area is 95.8 Å². The summed E-state index contributed by atoms with van der Waals surface area (Å²) in [5.74, 6) is 0.880. The second-order valence-electron chi connectivity index (χ2n) is 5.26. The van der Waals surface area contributed by atoms with Gasteiger partial charge in [0.25, 0.3) is 0 Å². The van der Waals surface area contributed by atoms with Crippen LogP contribution >= 0.6 is 0 Å². The Kier molecular flexibility index (Phi) is 7.08. The summed E-state index contributed by atoms with van der Waals surface area (Å²) < 4.78 is 0. The van der Waals surface area contributed by atoms with Gasteiger partial charge in [0.2, 0.25) is 0 Å². The van der Waals surface area contributed by atoms with Crippen LogP contribution in [0, 0.1) is 5.92 Å². The zero-order chi connectivity index (χ0) is 10.9. The van der Waals surface area contributed by atoms with Crippen LogP contribution in [-0.4, -0.2) is 6.04 Å². The molecule has 1 fully saturated rings. The Balaban J connectivity index is 1.73. The molecule has 0 bridgehead atoms. The highest BCUT2D eigenvalue weighted by atomic mass is 14.7. The van der Waals surface area contributed by atoms with Gasteiger partial charge in [-0.2, -0.15) is 0 Å². The van der Waals surface area contributed by atoms with E-state index in [0.29, 0.717) is 6.04 Å². The predicted molar refractivity (Wildman–Crippen MR) is 67.9 cm³/mol. The molecule has 0 radical (unpaired) electrons. The summed E-state index contributed by atoms with van der Waals surface area (Å²) in [5.41, 5.74) is 5.92. The molecule has 0 aromatic carbocycles. The van der Waals surface area contributed by atoms with Crippen molar-refractivity contribution in [2.45, 2.75) is 83.6 Å². The third-order valence-electron chi connectivity index (χ3n) is 3.90. The molecule has 2 atom stereocenters. The SMILES string of the molecule is CCCCCCCCCCC1CCC1N. The van der Waals surface area contributed by atoms with E-state index in [1.54, 1.807) is 0 Å². The average Bonchev–Trinajstić information content (AvgIpc) is 2.25. The van der Waals surface area contributed by atoms with E-state index in [9.17, 15) is 0 Å². The first-order valence-corrected chi connectivity index (χ1v) is 7.10. The van der Waals surface area contributed by atoms with Gasteiger partial charge in [0.1, 0.15) is 0 Å². The fourth-order valence-electron chi connectivity index (χ4n) is 2.49. The third kappa shape index (κ3) is 5.55. The van der Waals surface area contributed by atoms with Crippen molar-refractivity contribution in [3.63, 3.8) is 0 Å². The zero-order valence-corrected chi connectivity index (χ0v) is 10.5. The van der Waals surface area contributed by atoms with E-state index in [-0.39, 0.29) is 0 Å². The van der Waals surface area contributed by atoms with Crippen LogP contribution in [0.2, 0.25) is 0 Å². The van der Waals surface area contributed by atoms with E-state index in [0.717, 1.165) is 5.92 Å². The normalized spacial score (nSPS) is 25.2. The average molecular weight is 211 g/mol. The molecule has 2 N–H and O–H groups in total. The van der Waals surface area contributed by atoms with Crippen molar-refractivity contribution >= 4 is 0 Å². The minimum atomic E-state index is 0.551. The van der Waals surface area contributed by atoms with Crippen molar-refractivity contribution in [3.05, 3.63) is 0 Å². The van der Waals surface area contributed by atoms with Crippen LogP contribution in [0.15, 0.2) is 0 Å². The molecule has 0 spiro atoms. The van der Waals surface area contributed by atoms with E-state index in [1.165, 1.54) is 70.6 Å². The summed E-state index contributed by atoms with van der Waals surface area (Å²) in [7, 11) is 0. The van der Waals surface area contributed by atoms with Crippen LogP contribution in [-0.2, 0) is 0 Å². The topological polar surface area (TPSA) is 26.0 Å². The summed E-state index contributed by atoms with van der Waals surface area (Å²) in [5, 5.41) is 0. The summed E-state index contributed by atoms with van der Waals surface area (Å²) >= 11 is 0. The molecule has 0 aromatic heterocycles. The van der Waals surface area contributed by atoms with E-state index >= 15 is 0 Å². The van der Waals surface area contributed by atoms with Crippen molar-refractivity contribution in [1.82, 2.24) is 0 Å². The molecule has 1 aliphatic carbocycles. The molecular weight excluding hydrogens is 182 g/mol. The van der Waals surface area contributed by atoms with Gasteiger partial charge in [-0.1, -0.05) is 58.3 Å². The van der Waals surface area contributed by atoms with Crippen molar-refractivity contribution < 1.29 is 0 Å². The molecule has 0 saturated heterocycles. The fraction of sp³-hybridized carbons (Fsp3) is 1.00. The maximum absolute atomic E-state index is 5.92. The molecule has 0 aliphatic heterocycles. The largest absolute Gasteiger partial charge is 0.327 e. The van der Waals surface area contributed by atoms with Crippen LogP contribution < -0.4 is 5.73 Å². The fourth-order valence-corrected chi connectivity index (χ4v) is 2.49. The molecule has 0 amide bonds. The maximum atomic E-state index is 5.92. The zero-order valence-electron chi connectivity index (χ0n) is 10.5. The lowest BCUT2D eigenvalue weighted by Gasteiger charge is -2.33. The standard InChI is InChI=1S/C14H29N/c1-2-3-4-5-6-7-8-9-10-13-11-12-14(13)15/h13-14H,2-12,15H2,1H3. The van der Waals surface area contributed by atoms with Crippen molar-refractivity contribution in [2.75, 3.05) is 0 Å². The van der Waals surface area contributed by atoms with E-state index < -0.39 is 0 Å². The van der Waals surface area contributed by atoms with E-state index in [4.69, 9.17) is 5.73 Å². The van der Waals surface area contributed by atoms with Crippen LogP contribution in [0.1, 0.15) is 77.6 Å². The highest BCUT2D eigenvalue weighted by Crippen LogP contribution is 2.30. The molecule has 1 saturated carbocycles. The van der Waals surface area contributed by atoms with Gasteiger partial charge in [-0.25, -0.2) is 0 Å². The second-order valence-corrected chi connectivity index (χ2v) is 5.26. The van der Waals surface area contributed by atoms with Crippen LogP contribution in [0.25, 0.3) is 0 Å². The minimum absolute atomic E-state index is 0.551. The minimum Gasteiger partial charge on any atom is -0.327 e. The quantitative estimate of drug-likeness (QED) is 0.567. The molecule has 1 rings (SSSR count). The lowest BCUT2D eigenvalue weighted by atomic mass is 9.77. The van der Waals surface area contributed by atoms with E-state index in [2.05, 4.69) is 6.92 Å². The van der Waals surface area contributed by atoms with Gasteiger partial charge < -0.3 is 5.73 Å². The van der Waals surface area contributed by atoms with Crippen molar-refractivity contribution in [1.29, 1.82) is 0 Å². The number of hydrogen-bond donors (Lipinski definition) is 1. The highest BCUT2D eigenvalue weighted by molar-refractivity contribution is 4.83. The summed E-state index contributed by atoms with van der Waals surface area (Å²) in [6.07, 6.45) is 15.5. The Morgan fingerprint density at radius 2 is 1.47 bits per heavy atom. The summed E-state index contributed by atoms with van der Waals surface area (Å²) in [4.78, 5) is 0. The molecule has 2 unspecified atom stereocenters. The molecule has 90 valence electrons. The molecule has 1 aliphatic rings. The number of unbranched alkanes of at least 4 members (excludes halogenated alkanes) is 7. The Morgan fingerprint density at radius 3 is 1.93 bits per heavy atom. The second kappa shape index (κ2) is 8.15. The first-order valence-electron chi connectivity index (χ1n) is 7.10. The summed E-state index contributed by atoms with van der Waals surface area (Å²) in [6.45, 7) is 2.28. The Hall–Kier alpha value is -0.0400. The van der Waals surface area contributed by atoms with Gasteiger partial charge >= 0.3 is 0 Å². The molecular formula is C14H29N. The number of hydrogen-bond acceptors (Lipinski definition) is 1. The molecule has 0 aromatic rings. The Morgan fingerprint density at radius 1 is 0.867 bits per heavy atom. The van der Waals surface area contributed by atoms with Gasteiger partial charge in [0.15, 0.2) is 0 Å². The maximum Gasteiger partial charge on any atom is 0.00672 e. The molecule has 1 heteroatoms. The van der Waals surface area contributed by atoms with Crippen LogP contribution in [0.3, 0.4) is 0 Å². The monoisotopic (exact) mass is 211 g/mol. The first kappa shape index (κ1) is 13.0. The lowest BCUT2D eigenvalue weighted by Crippen LogP contribution is -2.39. The van der Waals surface area contributed by atoms with Crippen molar-refractivity contribution in [2.24, 2.45) is 11.7 Å².